The average molecular weight is 343 g/mol. The highest BCUT2D eigenvalue weighted by Gasteiger charge is 2.34. The SMILES string of the molecule is CNC(=O)c1nc2n(c(=O)c1OCc1ccccc1)CCOC2(C)C. The van der Waals surface area contributed by atoms with Crippen molar-refractivity contribution in [3.05, 3.63) is 57.8 Å². The standard InChI is InChI=1S/C18H21N3O4/c1-18(2)17-20-13(15(22)19-3)14(16(23)21(17)9-10-25-18)24-11-12-7-5-4-6-8-12/h4-8H,9-11H2,1-3H3,(H,19,22). The summed E-state index contributed by atoms with van der Waals surface area (Å²) in [6.45, 7) is 4.60. The second-order valence-corrected chi connectivity index (χ2v) is 6.28. The zero-order chi connectivity index (χ0) is 18.0. The minimum atomic E-state index is -0.752. The van der Waals surface area contributed by atoms with Crippen molar-refractivity contribution < 1.29 is 14.3 Å². The summed E-state index contributed by atoms with van der Waals surface area (Å²) in [7, 11) is 1.49. The van der Waals surface area contributed by atoms with Gasteiger partial charge in [0, 0.05) is 7.05 Å². The number of amides is 1. The number of nitrogens with zero attached hydrogens (tertiary/aromatic N) is 2. The van der Waals surface area contributed by atoms with E-state index in [1.54, 1.807) is 0 Å². The van der Waals surface area contributed by atoms with Crippen LogP contribution in [0.3, 0.4) is 0 Å². The summed E-state index contributed by atoms with van der Waals surface area (Å²) in [5, 5.41) is 2.51. The number of hydrogen-bond acceptors (Lipinski definition) is 5. The zero-order valence-corrected chi connectivity index (χ0v) is 14.5. The van der Waals surface area contributed by atoms with Crippen LogP contribution in [0.5, 0.6) is 5.75 Å². The van der Waals surface area contributed by atoms with Crippen molar-refractivity contribution in [1.29, 1.82) is 0 Å². The maximum absolute atomic E-state index is 12.9. The molecule has 0 radical (unpaired) electrons. The first kappa shape index (κ1) is 17.2. The molecular weight excluding hydrogens is 322 g/mol. The molecule has 0 atom stereocenters. The van der Waals surface area contributed by atoms with Crippen molar-refractivity contribution in [2.45, 2.75) is 32.6 Å². The van der Waals surface area contributed by atoms with Gasteiger partial charge in [-0.3, -0.25) is 14.2 Å². The molecule has 1 aliphatic heterocycles. The molecular formula is C18H21N3O4. The van der Waals surface area contributed by atoms with Gasteiger partial charge >= 0.3 is 0 Å². The summed E-state index contributed by atoms with van der Waals surface area (Å²) < 4.78 is 12.9. The number of nitrogens with one attached hydrogen (secondary N) is 1. The fraction of sp³-hybridized carbons (Fsp3) is 0.389. The van der Waals surface area contributed by atoms with Crippen LogP contribution in [-0.2, 0) is 23.5 Å². The minimum Gasteiger partial charge on any atom is -0.481 e. The van der Waals surface area contributed by atoms with Crippen molar-refractivity contribution in [2.24, 2.45) is 0 Å². The van der Waals surface area contributed by atoms with Crippen molar-refractivity contribution in [1.82, 2.24) is 14.9 Å². The van der Waals surface area contributed by atoms with E-state index in [2.05, 4.69) is 10.3 Å². The normalized spacial score (nSPS) is 15.3. The Balaban J connectivity index is 2.07. The first-order valence-electron chi connectivity index (χ1n) is 8.12. The maximum atomic E-state index is 12.9. The molecule has 0 fully saturated rings. The quantitative estimate of drug-likeness (QED) is 0.908. The molecule has 0 aliphatic carbocycles. The molecule has 0 saturated carbocycles. The Hall–Kier alpha value is -2.67. The lowest BCUT2D eigenvalue weighted by atomic mass is 10.1. The molecule has 2 heterocycles. The predicted octanol–water partition coefficient (Wildman–Crippen LogP) is 1.45. The van der Waals surface area contributed by atoms with Gasteiger partial charge in [-0.1, -0.05) is 30.3 Å². The fourth-order valence-corrected chi connectivity index (χ4v) is 2.79. The highest BCUT2D eigenvalue weighted by atomic mass is 16.5. The average Bonchev–Trinajstić information content (AvgIpc) is 2.61. The third-order valence-corrected chi connectivity index (χ3v) is 4.11. The van der Waals surface area contributed by atoms with Crippen LogP contribution >= 0.6 is 0 Å². The first-order valence-corrected chi connectivity index (χ1v) is 8.12. The molecule has 0 unspecified atom stereocenters. The number of carbonyl (C=O) groups excluding carboxylic acids is 1. The number of hydrogen-bond donors (Lipinski definition) is 1. The topological polar surface area (TPSA) is 82.5 Å². The second-order valence-electron chi connectivity index (χ2n) is 6.28. The van der Waals surface area contributed by atoms with Gasteiger partial charge in [0.25, 0.3) is 11.5 Å². The van der Waals surface area contributed by atoms with Crippen LogP contribution in [0, 0.1) is 0 Å². The van der Waals surface area contributed by atoms with Crippen molar-refractivity contribution in [2.75, 3.05) is 13.7 Å². The number of rotatable bonds is 4. The smallest absolute Gasteiger partial charge is 0.296 e. The Bertz CT molecular complexity index is 843. The summed E-state index contributed by atoms with van der Waals surface area (Å²) in [5.74, 6) is -0.0796. The van der Waals surface area contributed by atoms with E-state index in [1.165, 1.54) is 11.6 Å². The highest BCUT2D eigenvalue weighted by Crippen LogP contribution is 2.27. The fourth-order valence-electron chi connectivity index (χ4n) is 2.79. The number of fused-ring (bicyclic) bond motifs is 1. The Labute approximate surface area is 145 Å². The number of ether oxygens (including phenoxy) is 2. The Morgan fingerprint density at radius 1 is 1.36 bits per heavy atom. The minimum absolute atomic E-state index is 0.0201. The van der Waals surface area contributed by atoms with Gasteiger partial charge in [0.05, 0.1) is 13.2 Å². The van der Waals surface area contributed by atoms with E-state index >= 15 is 0 Å². The first-order chi connectivity index (χ1) is 11.9. The van der Waals surface area contributed by atoms with E-state index in [-0.39, 0.29) is 23.6 Å². The van der Waals surface area contributed by atoms with E-state index in [0.29, 0.717) is 19.0 Å². The van der Waals surface area contributed by atoms with Crippen LogP contribution in [0.1, 0.15) is 35.7 Å². The van der Waals surface area contributed by atoms with Gasteiger partial charge in [-0.15, -0.1) is 0 Å². The summed E-state index contributed by atoms with van der Waals surface area (Å²) in [6, 6.07) is 9.45. The van der Waals surface area contributed by atoms with E-state index < -0.39 is 11.5 Å². The molecule has 3 rings (SSSR count). The third-order valence-electron chi connectivity index (χ3n) is 4.11. The van der Waals surface area contributed by atoms with Gasteiger partial charge in [-0.2, -0.15) is 0 Å². The lowest BCUT2D eigenvalue weighted by molar-refractivity contribution is -0.0567. The molecule has 1 aromatic heterocycles. The molecule has 132 valence electrons. The van der Waals surface area contributed by atoms with Gasteiger partial charge in [0.15, 0.2) is 5.69 Å². The summed E-state index contributed by atoms with van der Waals surface area (Å²) in [6.07, 6.45) is 0. The monoisotopic (exact) mass is 343 g/mol. The van der Waals surface area contributed by atoms with Crippen molar-refractivity contribution in [3.63, 3.8) is 0 Å². The van der Waals surface area contributed by atoms with Crippen molar-refractivity contribution in [3.8, 4) is 5.75 Å². The molecule has 1 N–H and O–H groups in total. The van der Waals surface area contributed by atoms with Crippen LogP contribution in [0.4, 0.5) is 0 Å². The van der Waals surface area contributed by atoms with Crippen LogP contribution in [0.25, 0.3) is 0 Å². The Kier molecular flexibility index (Phi) is 4.59. The third kappa shape index (κ3) is 3.28. The highest BCUT2D eigenvalue weighted by molar-refractivity contribution is 5.94. The molecule has 1 aliphatic rings. The van der Waals surface area contributed by atoms with Gasteiger partial charge in [-0.05, 0) is 19.4 Å². The van der Waals surface area contributed by atoms with E-state index in [0.717, 1.165) is 5.56 Å². The summed E-state index contributed by atoms with van der Waals surface area (Å²) in [5.41, 5.74) is -0.238. The van der Waals surface area contributed by atoms with E-state index in [9.17, 15) is 9.59 Å². The molecule has 7 heteroatoms. The molecule has 0 spiro atoms. The van der Waals surface area contributed by atoms with E-state index in [1.807, 2.05) is 44.2 Å². The molecule has 25 heavy (non-hydrogen) atoms. The predicted molar refractivity (Wildman–Crippen MR) is 91.6 cm³/mol. The molecule has 2 aromatic rings. The zero-order valence-electron chi connectivity index (χ0n) is 14.5. The van der Waals surface area contributed by atoms with Gasteiger partial charge in [0.2, 0.25) is 5.75 Å². The van der Waals surface area contributed by atoms with E-state index in [4.69, 9.17) is 9.47 Å². The lowest BCUT2D eigenvalue weighted by Gasteiger charge is -2.32. The number of aromatic nitrogens is 2. The van der Waals surface area contributed by atoms with Crippen LogP contribution in [-0.4, -0.2) is 29.1 Å². The Morgan fingerprint density at radius 3 is 2.76 bits per heavy atom. The summed E-state index contributed by atoms with van der Waals surface area (Å²) in [4.78, 5) is 29.6. The van der Waals surface area contributed by atoms with Gasteiger partial charge in [-0.25, -0.2) is 4.98 Å². The van der Waals surface area contributed by atoms with Crippen LogP contribution in [0.2, 0.25) is 0 Å². The number of carbonyl (C=O) groups is 1. The van der Waals surface area contributed by atoms with Gasteiger partial charge < -0.3 is 14.8 Å². The second kappa shape index (κ2) is 6.68. The van der Waals surface area contributed by atoms with Gasteiger partial charge in [0.1, 0.15) is 18.0 Å². The largest absolute Gasteiger partial charge is 0.481 e. The lowest BCUT2D eigenvalue weighted by Crippen LogP contribution is -2.42. The number of benzene rings is 1. The summed E-state index contributed by atoms with van der Waals surface area (Å²) >= 11 is 0. The maximum Gasteiger partial charge on any atom is 0.296 e. The molecule has 1 amide bonds. The molecule has 0 bridgehead atoms. The molecule has 1 aromatic carbocycles. The molecule has 7 nitrogen and oxygen atoms in total. The molecule has 0 saturated heterocycles. The van der Waals surface area contributed by atoms with Crippen LogP contribution < -0.4 is 15.6 Å². The Morgan fingerprint density at radius 2 is 2.08 bits per heavy atom. The van der Waals surface area contributed by atoms with Crippen molar-refractivity contribution >= 4 is 5.91 Å². The van der Waals surface area contributed by atoms with Crippen LogP contribution in [0.15, 0.2) is 35.1 Å².